The van der Waals surface area contributed by atoms with E-state index in [0.29, 0.717) is 17.3 Å². The highest BCUT2D eigenvalue weighted by atomic mass is 35.5. The quantitative estimate of drug-likeness (QED) is 0.796. The van der Waals surface area contributed by atoms with Gasteiger partial charge in [0.05, 0.1) is 5.02 Å². The predicted molar refractivity (Wildman–Crippen MR) is 68.6 cm³/mol. The Hall–Kier alpha value is -2.28. The molecule has 0 aliphatic heterocycles. The SMILES string of the molecule is CCn1cc(Cl)cc1C(=O)Nc1cc(C(=O)O)[nH]n1. The Bertz CT molecular complexity index is 632. The third-order valence-electron chi connectivity index (χ3n) is 2.49. The van der Waals surface area contributed by atoms with E-state index in [1.54, 1.807) is 10.8 Å². The zero-order valence-corrected chi connectivity index (χ0v) is 10.7. The molecule has 0 radical (unpaired) electrons. The Balaban J connectivity index is 2.18. The second kappa shape index (κ2) is 5.15. The summed E-state index contributed by atoms with van der Waals surface area (Å²) in [6, 6.07) is 2.77. The smallest absolute Gasteiger partial charge is 0.353 e. The third kappa shape index (κ3) is 2.76. The molecule has 2 heterocycles. The van der Waals surface area contributed by atoms with Gasteiger partial charge < -0.3 is 15.0 Å². The van der Waals surface area contributed by atoms with Gasteiger partial charge in [-0.15, -0.1) is 0 Å². The molecular weight excluding hydrogens is 272 g/mol. The maximum Gasteiger partial charge on any atom is 0.353 e. The largest absolute Gasteiger partial charge is 0.477 e. The van der Waals surface area contributed by atoms with Gasteiger partial charge in [-0.3, -0.25) is 9.89 Å². The summed E-state index contributed by atoms with van der Waals surface area (Å²) in [5.41, 5.74) is 0.284. The number of rotatable bonds is 4. The number of nitrogens with one attached hydrogen (secondary N) is 2. The van der Waals surface area contributed by atoms with Gasteiger partial charge in [-0.25, -0.2) is 4.79 Å². The van der Waals surface area contributed by atoms with Crippen LogP contribution in [0, 0.1) is 0 Å². The van der Waals surface area contributed by atoms with Gasteiger partial charge >= 0.3 is 5.97 Å². The lowest BCUT2D eigenvalue weighted by Crippen LogP contribution is -2.16. The molecule has 0 bridgehead atoms. The Labute approximate surface area is 113 Å². The normalized spacial score (nSPS) is 10.4. The molecule has 100 valence electrons. The molecule has 0 aliphatic rings. The van der Waals surface area contributed by atoms with E-state index >= 15 is 0 Å². The molecule has 1 amide bonds. The zero-order chi connectivity index (χ0) is 14.0. The molecule has 0 fully saturated rings. The van der Waals surface area contributed by atoms with Crippen LogP contribution in [0.15, 0.2) is 18.3 Å². The number of anilines is 1. The molecule has 0 saturated heterocycles. The van der Waals surface area contributed by atoms with Crippen molar-refractivity contribution >= 4 is 29.3 Å². The number of carbonyl (C=O) groups excluding carboxylic acids is 1. The molecule has 0 atom stereocenters. The number of aryl methyl sites for hydroxylation is 1. The molecule has 0 aliphatic carbocycles. The summed E-state index contributed by atoms with van der Waals surface area (Å²) in [5, 5.41) is 17.7. The number of halogens is 1. The number of nitrogens with zero attached hydrogens (tertiary/aromatic N) is 2. The monoisotopic (exact) mass is 282 g/mol. The number of carboxylic acid groups (broad SMARTS) is 1. The Morgan fingerprint density at radius 2 is 2.26 bits per heavy atom. The molecule has 0 saturated carbocycles. The van der Waals surface area contributed by atoms with E-state index in [9.17, 15) is 9.59 Å². The van der Waals surface area contributed by atoms with E-state index in [0.717, 1.165) is 0 Å². The molecule has 0 spiro atoms. The van der Waals surface area contributed by atoms with E-state index in [-0.39, 0.29) is 11.5 Å². The highest BCUT2D eigenvalue weighted by Crippen LogP contribution is 2.16. The van der Waals surface area contributed by atoms with E-state index in [1.165, 1.54) is 12.1 Å². The first-order chi connectivity index (χ1) is 9.01. The van der Waals surface area contributed by atoms with Crippen molar-refractivity contribution in [3.8, 4) is 0 Å². The molecular formula is C11H11ClN4O3. The first-order valence-electron chi connectivity index (χ1n) is 5.47. The van der Waals surface area contributed by atoms with Crippen LogP contribution in [0.4, 0.5) is 5.82 Å². The molecule has 8 heteroatoms. The van der Waals surface area contributed by atoms with Crippen molar-refractivity contribution in [2.75, 3.05) is 5.32 Å². The fraction of sp³-hybridized carbons (Fsp3) is 0.182. The van der Waals surface area contributed by atoms with Crippen LogP contribution in [0.5, 0.6) is 0 Å². The van der Waals surface area contributed by atoms with Crippen LogP contribution in [-0.4, -0.2) is 31.7 Å². The van der Waals surface area contributed by atoms with Crippen LogP contribution in [0.25, 0.3) is 0 Å². The van der Waals surface area contributed by atoms with Crippen molar-refractivity contribution in [2.45, 2.75) is 13.5 Å². The van der Waals surface area contributed by atoms with Crippen molar-refractivity contribution in [3.63, 3.8) is 0 Å². The van der Waals surface area contributed by atoms with E-state index in [1.807, 2.05) is 6.92 Å². The van der Waals surface area contributed by atoms with Crippen LogP contribution in [0.3, 0.4) is 0 Å². The average Bonchev–Trinajstić information content (AvgIpc) is 2.95. The van der Waals surface area contributed by atoms with Crippen molar-refractivity contribution in [2.24, 2.45) is 0 Å². The van der Waals surface area contributed by atoms with Crippen LogP contribution in [-0.2, 0) is 6.54 Å². The summed E-state index contributed by atoms with van der Waals surface area (Å²) in [6.07, 6.45) is 1.64. The van der Waals surface area contributed by atoms with Gasteiger partial charge in [0.1, 0.15) is 11.4 Å². The fourth-order valence-electron chi connectivity index (χ4n) is 1.60. The molecule has 7 nitrogen and oxygen atoms in total. The molecule has 0 aromatic carbocycles. The van der Waals surface area contributed by atoms with Crippen LogP contribution in [0.2, 0.25) is 5.02 Å². The summed E-state index contributed by atoms with van der Waals surface area (Å²) in [5.74, 6) is -1.41. The minimum absolute atomic E-state index is 0.0980. The molecule has 3 N–H and O–H groups in total. The molecule has 2 aromatic heterocycles. The minimum Gasteiger partial charge on any atom is -0.477 e. The standard InChI is InChI=1S/C11H11ClN4O3/c1-2-16-5-6(12)3-8(16)10(17)13-9-4-7(11(18)19)14-15-9/h3-5H,2H2,1H3,(H,18,19)(H2,13,14,15,17). The average molecular weight is 283 g/mol. The number of aromatic carboxylic acids is 1. The number of carbonyl (C=O) groups is 2. The number of H-pyrrole nitrogens is 1. The molecule has 2 rings (SSSR count). The van der Waals surface area contributed by atoms with Crippen LogP contribution < -0.4 is 5.32 Å². The summed E-state index contributed by atoms with van der Waals surface area (Å²) >= 11 is 5.84. The Morgan fingerprint density at radius 3 is 2.84 bits per heavy atom. The zero-order valence-electron chi connectivity index (χ0n) is 9.98. The maximum atomic E-state index is 12.0. The van der Waals surface area contributed by atoms with E-state index in [2.05, 4.69) is 15.5 Å². The first kappa shape index (κ1) is 13.2. The van der Waals surface area contributed by atoms with Gasteiger partial charge in [-0.05, 0) is 13.0 Å². The van der Waals surface area contributed by atoms with Crippen LogP contribution >= 0.6 is 11.6 Å². The highest BCUT2D eigenvalue weighted by molar-refractivity contribution is 6.31. The number of hydrogen-bond donors (Lipinski definition) is 3. The molecule has 2 aromatic rings. The summed E-state index contributed by atoms with van der Waals surface area (Å²) in [7, 11) is 0. The van der Waals surface area contributed by atoms with Gasteiger partial charge in [0, 0.05) is 18.8 Å². The van der Waals surface area contributed by atoms with E-state index in [4.69, 9.17) is 16.7 Å². The van der Waals surface area contributed by atoms with Gasteiger partial charge in [0.2, 0.25) is 0 Å². The second-order valence-electron chi connectivity index (χ2n) is 3.76. The molecule has 19 heavy (non-hydrogen) atoms. The van der Waals surface area contributed by atoms with Crippen molar-refractivity contribution in [3.05, 3.63) is 34.7 Å². The number of amides is 1. The lowest BCUT2D eigenvalue weighted by molar-refractivity contribution is 0.0690. The van der Waals surface area contributed by atoms with Gasteiger partial charge in [-0.1, -0.05) is 11.6 Å². The minimum atomic E-state index is -1.15. The Morgan fingerprint density at radius 1 is 1.53 bits per heavy atom. The fourth-order valence-corrected chi connectivity index (χ4v) is 1.82. The molecule has 0 unspecified atom stereocenters. The summed E-state index contributed by atoms with van der Waals surface area (Å²) in [4.78, 5) is 22.7. The first-order valence-corrected chi connectivity index (χ1v) is 5.84. The van der Waals surface area contributed by atoms with Gasteiger partial charge in [0.15, 0.2) is 5.82 Å². The van der Waals surface area contributed by atoms with E-state index < -0.39 is 11.9 Å². The topological polar surface area (TPSA) is 100 Å². The third-order valence-corrected chi connectivity index (χ3v) is 2.69. The summed E-state index contributed by atoms with van der Waals surface area (Å²) < 4.78 is 1.68. The van der Waals surface area contributed by atoms with Gasteiger partial charge in [-0.2, -0.15) is 5.10 Å². The number of aromatic nitrogens is 3. The summed E-state index contributed by atoms with van der Waals surface area (Å²) in [6.45, 7) is 2.47. The predicted octanol–water partition coefficient (Wildman–Crippen LogP) is 1.83. The van der Waals surface area contributed by atoms with Crippen molar-refractivity contribution in [1.82, 2.24) is 14.8 Å². The van der Waals surface area contributed by atoms with Gasteiger partial charge in [0.25, 0.3) is 5.91 Å². The van der Waals surface area contributed by atoms with Crippen molar-refractivity contribution in [1.29, 1.82) is 0 Å². The number of aromatic amines is 1. The highest BCUT2D eigenvalue weighted by Gasteiger charge is 2.15. The van der Waals surface area contributed by atoms with Crippen molar-refractivity contribution < 1.29 is 14.7 Å². The number of carboxylic acids is 1. The number of hydrogen-bond acceptors (Lipinski definition) is 3. The second-order valence-corrected chi connectivity index (χ2v) is 4.19. The lowest BCUT2D eigenvalue weighted by Gasteiger charge is -2.05. The lowest BCUT2D eigenvalue weighted by atomic mass is 10.3. The Kier molecular flexibility index (Phi) is 3.57. The maximum absolute atomic E-state index is 12.0. The van der Waals surface area contributed by atoms with Crippen LogP contribution in [0.1, 0.15) is 27.9 Å².